The van der Waals surface area contributed by atoms with Gasteiger partial charge in [0.25, 0.3) is 0 Å². The van der Waals surface area contributed by atoms with Gasteiger partial charge in [0.2, 0.25) is 0 Å². The van der Waals surface area contributed by atoms with Crippen LogP contribution in [0.25, 0.3) is 5.70 Å². The lowest BCUT2D eigenvalue weighted by Crippen LogP contribution is -2.24. The average Bonchev–Trinajstić information content (AvgIpc) is 2.54. The van der Waals surface area contributed by atoms with E-state index in [1.54, 1.807) is 4.57 Å². The molecule has 3 N–H and O–H groups in total. The van der Waals surface area contributed by atoms with Gasteiger partial charge in [-0.25, -0.2) is 4.79 Å². The van der Waals surface area contributed by atoms with Crippen LogP contribution in [0.5, 0.6) is 0 Å². The van der Waals surface area contributed by atoms with Crippen LogP contribution in [0.3, 0.4) is 0 Å². The van der Waals surface area contributed by atoms with Crippen molar-refractivity contribution in [2.45, 2.75) is 34.2 Å². The van der Waals surface area contributed by atoms with Crippen molar-refractivity contribution in [3.05, 3.63) is 64.3 Å². The van der Waals surface area contributed by atoms with Gasteiger partial charge < -0.3 is 15.0 Å². The van der Waals surface area contributed by atoms with E-state index in [1.807, 2.05) is 52.0 Å². The van der Waals surface area contributed by atoms with Crippen molar-refractivity contribution in [3.63, 3.8) is 0 Å². The van der Waals surface area contributed by atoms with Crippen LogP contribution in [0.15, 0.2) is 36.5 Å². The SMILES string of the molecule is C/C=C(\C)n1cc(C(=O)O)cc(NCc2c(C)cccc2C)c1=N. The Morgan fingerprint density at radius 1 is 1.33 bits per heavy atom. The number of benzene rings is 1. The Labute approximate surface area is 141 Å². The van der Waals surface area contributed by atoms with E-state index in [1.165, 1.54) is 23.4 Å². The number of allylic oxidation sites excluding steroid dienone is 2. The van der Waals surface area contributed by atoms with Gasteiger partial charge >= 0.3 is 5.97 Å². The van der Waals surface area contributed by atoms with E-state index in [-0.39, 0.29) is 11.1 Å². The van der Waals surface area contributed by atoms with Gasteiger partial charge in [-0.2, -0.15) is 0 Å². The minimum Gasteiger partial charge on any atom is -0.478 e. The highest BCUT2D eigenvalue weighted by molar-refractivity contribution is 5.88. The maximum atomic E-state index is 11.4. The Morgan fingerprint density at radius 2 is 1.96 bits per heavy atom. The molecular weight excluding hydrogens is 302 g/mol. The van der Waals surface area contributed by atoms with Crippen LogP contribution < -0.4 is 10.8 Å². The van der Waals surface area contributed by atoms with Crippen LogP contribution in [0.2, 0.25) is 0 Å². The van der Waals surface area contributed by atoms with E-state index in [2.05, 4.69) is 5.32 Å². The molecule has 5 nitrogen and oxygen atoms in total. The number of aromatic nitrogens is 1. The van der Waals surface area contributed by atoms with Crippen LogP contribution >= 0.6 is 0 Å². The summed E-state index contributed by atoms with van der Waals surface area (Å²) in [6, 6.07) is 7.61. The monoisotopic (exact) mass is 325 g/mol. The molecule has 0 aliphatic rings. The Balaban J connectivity index is 2.45. The summed E-state index contributed by atoms with van der Waals surface area (Å²) < 4.78 is 1.58. The number of aryl methyl sites for hydroxylation is 2. The molecule has 0 saturated carbocycles. The molecular formula is C19H23N3O2. The molecule has 1 aromatic heterocycles. The molecule has 0 unspecified atom stereocenters. The largest absolute Gasteiger partial charge is 0.478 e. The molecule has 0 amide bonds. The van der Waals surface area contributed by atoms with Crippen molar-refractivity contribution in [2.75, 3.05) is 5.32 Å². The molecule has 0 saturated heterocycles. The van der Waals surface area contributed by atoms with Crippen LogP contribution in [-0.2, 0) is 6.54 Å². The number of carboxylic acids is 1. The van der Waals surface area contributed by atoms with Crippen molar-refractivity contribution in [3.8, 4) is 0 Å². The Hall–Kier alpha value is -2.82. The molecule has 0 atom stereocenters. The normalized spacial score (nSPS) is 11.4. The lowest BCUT2D eigenvalue weighted by Gasteiger charge is -2.15. The Kier molecular flexibility index (Phi) is 5.24. The van der Waals surface area contributed by atoms with E-state index < -0.39 is 5.97 Å². The first kappa shape index (κ1) is 17.5. The van der Waals surface area contributed by atoms with Gasteiger partial charge in [0.15, 0.2) is 5.49 Å². The number of aromatic carboxylic acids is 1. The summed E-state index contributed by atoms with van der Waals surface area (Å²) in [5.41, 5.74) is 5.18. The second-order valence-electron chi connectivity index (χ2n) is 5.82. The molecule has 0 radical (unpaired) electrons. The maximum Gasteiger partial charge on any atom is 0.337 e. The summed E-state index contributed by atoms with van der Waals surface area (Å²) in [6.07, 6.45) is 3.32. The fourth-order valence-corrected chi connectivity index (χ4v) is 2.57. The van der Waals surface area contributed by atoms with E-state index in [4.69, 9.17) is 5.41 Å². The molecule has 0 aliphatic heterocycles. The van der Waals surface area contributed by atoms with Crippen LogP contribution in [0, 0.1) is 19.3 Å². The fourth-order valence-electron chi connectivity index (χ4n) is 2.57. The van der Waals surface area contributed by atoms with Gasteiger partial charge in [-0.05, 0) is 50.5 Å². The third kappa shape index (κ3) is 3.56. The molecule has 0 fully saturated rings. The maximum absolute atomic E-state index is 11.4. The summed E-state index contributed by atoms with van der Waals surface area (Å²) >= 11 is 0. The zero-order valence-electron chi connectivity index (χ0n) is 14.5. The number of nitrogens with zero attached hydrogens (tertiary/aromatic N) is 1. The minimum atomic E-state index is -1.01. The van der Waals surface area contributed by atoms with Gasteiger partial charge in [-0.1, -0.05) is 24.3 Å². The summed E-state index contributed by atoms with van der Waals surface area (Å²) in [4.78, 5) is 11.4. The summed E-state index contributed by atoms with van der Waals surface area (Å²) in [6.45, 7) is 8.34. The smallest absolute Gasteiger partial charge is 0.337 e. The van der Waals surface area contributed by atoms with Crippen molar-refractivity contribution in [2.24, 2.45) is 0 Å². The van der Waals surface area contributed by atoms with Gasteiger partial charge in [0.05, 0.1) is 11.3 Å². The first-order valence-corrected chi connectivity index (χ1v) is 7.82. The molecule has 0 aliphatic carbocycles. The van der Waals surface area contributed by atoms with Gasteiger partial charge in [-0.15, -0.1) is 0 Å². The molecule has 1 heterocycles. The van der Waals surface area contributed by atoms with Crippen LogP contribution in [-0.4, -0.2) is 15.6 Å². The summed E-state index contributed by atoms with van der Waals surface area (Å²) in [5, 5.41) is 20.9. The number of pyridine rings is 1. The fraction of sp³-hybridized carbons (Fsp3) is 0.263. The third-order valence-electron chi connectivity index (χ3n) is 4.21. The first-order chi connectivity index (χ1) is 11.3. The standard InChI is InChI=1S/C19H23N3O2/c1-5-14(4)22-11-15(19(23)24)9-17(18(22)20)21-10-16-12(2)7-6-8-13(16)3/h5-9,11,20-21H,10H2,1-4H3,(H,23,24)/b14-5+,20-18?. The second-order valence-corrected chi connectivity index (χ2v) is 5.82. The molecule has 0 spiro atoms. The summed E-state index contributed by atoms with van der Waals surface area (Å²) in [7, 11) is 0. The minimum absolute atomic E-state index is 0.149. The molecule has 5 heteroatoms. The van der Waals surface area contributed by atoms with Crippen LogP contribution in [0.1, 0.15) is 40.9 Å². The van der Waals surface area contributed by atoms with E-state index in [0.29, 0.717) is 12.2 Å². The number of nitrogens with one attached hydrogen (secondary N) is 2. The Morgan fingerprint density at radius 3 is 2.50 bits per heavy atom. The van der Waals surface area contributed by atoms with Crippen molar-refractivity contribution < 1.29 is 9.90 Å². The number of hydrogen-bond acceptors (Lipinski definition) is 3. The predicted octanol–water partition coefficient (Wildman–Crippen LogP) is 3.78. The number of rotatable bonds is 5. The zero-order chi connectivity index (χ0) is 17.9. The zero-order valence-corrected chi connectivity index (χ0v) is 14.5. The average molecular weight is 325 g/mol. The molecule has 1 aromatic carbocycles. The second kappa shape index (κ2) is 7.17. The van der Waals surface area contributed by atoms with Gasteiger partial charge in [0.1, 0.15) is 0 Å². The van der Waals surface area contributed by atoms with Gasteiger partial charge in [0, 0.05) is 18.4 Å². The predicted molar refractivity (Wildman–Crippen MR) is 96.1 cm³/mol. The highest BCUT2D eigenvalue weighted by Crippen LogP contribution is 2.16. The van der Waals surface area contributed by atoms with Crippen LogP contribution in [0.4, 0.5) is 5.69 Å². The van der Waals surface area contributed by atoms with Crippen molar-refractivity contribution in [1.29, 1.82) is 5.41 Å². The lowest BCUT2D eigenvalue weighted by atomic mass is 10.0. The van der Waals surface area contributed by atoms with Gasteiger partial charge in [-0.3, -0.25) is 5.41 Å². The topological polar surface area (TPSA) is 78.1 Å². The Bertz CT molecular complexity index is 843. The first-order valence-electron chi connectivity index (χ1n) is 7.82. The van der Waals surface area contributed by atoms with E-state index in [0.717, 1.165) is 11.3 Å². The van der Waals surface area contributed by atoms with E-state index >= 15 is 0 Å². The van der Waals surface area contributed by atoms with Crippen molar-refractivity contribution >= 4 is 17.4 Å². The number of carbonyl (C=O) groups is 1. The third-order valence-corrected chi connectivity index (χ3v) is 4.21. The number of carboxylic acid groups (broad SMARTS) is 1. The highest BCUT2D eigenvalue weighted by atomic mass is 16.4. The number of anilines is 1. The summed E-state index contributed by atoms with van der Waals surface area (Å²) in [5.74, 6) is -1.01. The quantitative estimate of drug-likeness (QED) is 0.783. The molecule has 126 valence electrons. The van der Waals surface area contributed by atoms with Crippen molar-refractivity contribution in [1.82, 2.24) is 4.57 Å². The number of hydrogen-bond donors (Lipinski definition) is 3. The molecule has 24 heavy (non-hydrogen) atoms. The molecule has 2 aromatic rings. The lowest BCUT2D eigenvalue weighted by molar-refractivity contribution is 0.0696. The van der Waals surface area contributed by atoms with E-state index in [9.17, 15) is 9.90 Å². The highest BCUT2D eigenvalue weighted by Gasteiger charge is 2.11. The molecule has 2 rings (SSSR count). The molecule has 0 bridgehead atoms.